The predicted molar refractivity (Wildman–Crippen MR) is 133 cm³/mol. The van der Waals surface area contributed by atoms with Crippen molar-refractivity contribution in [3.63, 3.8) is 0 Å². The van der Waals surface area contributed by atoms with Crippen molar-refractivity contribution in [1.29, 1.82) is 0 Å². The maximum Gasteiger partial charge on any atom is 0.252 e. The highest BCUT2D eigenvalue weighted by atomic mass is 127. The average Bonchev–Trinajstić information content (AvgIpc) is 3.25. The van der Waals surface area contributed by atoms with E-state index in [2.05, 4.69) is 15.6 Å². The molecule has 2 N–H and O–H groups in total. The molecule has 2 aromatic rings. The van der Waals surface area contributed by atoms with E-state index in [1.807, 2.05) is 32.0 Å². The third-order valence-electron chi connectivity index (χ3n) is 3.91. The minimum atomic E-state index is -3.47. The Morgan fingerprint density at radius 1 is 1.23 bits per heavy atom. The molecule has 0 bridgehead atoms. The molecular weight excluding hydrogens is 539 g/mol. The van der Waals surface area contributed by atoms with Crippen LogP contribution in [0.2, 0.25) is 0 Å². The number of nitrogens with one attached hydrogen (secondary N) is 2. The number of anilines is 1. The van der Waals surface area contributed by atoms with Gasteiger partial charge in [-0.3, -0.25) is 4.99 Å². The molecule has 0 unspecified atom stereocenters. The summed E-state index contributed by atoms with van der Waals surface area (Å²) in [4.78, 5) is 4.48. The largest absolute Gasteiger partial charge is 0.493 e. The van der Waals surface area contributed by atoms with Gasteiger partial charge in [0.2, 0.25) is 0 Å². The van der Waals surface area contributed by atoms with E-state index in [1.165, 1.54) is 15.6 Å². The van der Waals surface area contributed by atoms with Crippen LogP contribution in [0.15, 0.2) is 44.9 Å². The number of ether oxygens (including phenoxy) is 2. The molecule has 1 heterocycles. The summed E-state index contributed by atoms with van der Waals surface area (Å²) in [5.74, 6) is 1.85. The lowest BCUT2D eigenvalue weighted by molar-refractivity contribution is 0.311. The molecule has 0 aliphatic rings. The number of methoxy groups -OCH3 is 1. The first kappa shape index (κ1) is 26.5. The number of halogens is 1. The number of thiophene rings is 1. The van der Waals surface area contributed by atoms with Crippen LogP contribution >= 0.6 is 35.3 Å². The zero-order chi connectivity index (χ0) is 21.3. The van der Waals surface area contributed by atoms with Gasteiger partial charge in [-0.25, -0.2) is 8.42 Å². The van der Waals surface area contributed by atoms with Gasteiger partial charge in [-0.15, -0.1) is 35.3 Å². The van der Waals surface area contributed by atoms with E-state index in [0.717, 1.165) is 5.69 Å². The highest BCUT2D eigenvalue weighted by Crippen LogP contribution is 2.30. The van der Waals surface area contributed by atoms with Crippen molar-refractivity contribution in [3.8, 4) is 11.5 Å². The Morgan fingerprint density at radius 2 is 2.00 bits per heavy atom. The summed E-state index contributed by atoms with van der Waals surface area (Å²) in [6.07, 6.45) is 0. The molecule has 1 aromatic heterocycles. The molecule has 168 valence electrons. The second kappa shape index (κ2) is 13.0. The first-order chi connectivity index (χ1) is 13.9. The third-order valence-corrected chi connectivity index (χ3v) is 7.14. The summed E-state index contributed by atoms with van der Waals surface area (Å²) in [6, 6.07) is 8.85. The molecule has 11 heteroatoms. The quantitative estimate of drug-likeness (QED) is 0.259. The van der Waals surface area contributed by atoms with Crippen LogP contribution in [0.5, 0.6) is 11.5 Å². The smallest absolute Gasteiger partial charge is 0.252 e. The van der Waals surface area contributed by atoms with E-state index < -0.39 is 10.0 Å². The number of guanidine groups is 1. The molecule has 0 aliphatic carbocycles. The summed E-state index contributed by atoms with van der Waals surface area (Å²) >= 11 is 1.20. The average molecular weight is 569 g/mol. The zero-order valence-electron chi connectivity index (χ0n) is 17.5. The van der Waals surface area contributed by atoms with Crippen molar-refractivity contribution in [2.45, 2.75) is 18.1 Å². The van der Waals surface area contributed by atoms with E-state index >= 15 is 0 Å². The summed E-state index contributed by atoms with van der Waals surface area (Å²) in [6.45, 7) is 5.67. The van der Waals surface area contributed by atoms with Crippen molar-refractivity contribution in [2.75, 3.05) is 45.7 Å². The molecule has 0 fully saturated rings. The van der Waals surface area contributed by atoms with Crippen LogP contribution in [0.4, 0.5) is 5.69 Å². The maximum atomic E-state index is 12.5. The van der Waals surface area contributed by atoms with Crippen LogP contribution in [0.1, 0.15) is 13.8 Å². The number of likely N-dealkylation sites (N-methyl/N-ethyl adjacent to an activating group) is 1. The van der Waals surface area contributed by atoms with Gasteiger partial charge >= 0.3 is 0 Å². The standard InChI is InChI=1S/C19H28N4O4S2.HI/c1-5-20-19(22-15-9-10-16(27-6-2)17(14-15)26-4)21-11-12-23(3)29(24,25)18-8-7-13-28-18;/h7-10,13-14H,5-6,11-12H2,1-4H3,(H2,20,21,22);1H. The van der Waals surface area contributed by atoms with E-state index in [0.29, 0.717) is 41.4 Å². The molecular formula is C19H29IN4O4S2. The minimum absolute atomic E-state index is 0. The first-order valence-electron chi connectivity index (χ1n) is 9.28. The molecule has 0 atom stereocenters. The third kappa shape index (κ3) is 7.29. The lowest BCUT2D eigenvalue weighted by Gasteiger charge is -2.16. The fourth-order valence-corrected chi connectivity index (χ4v) is 4.81. The summed E-state index contributed by atoms with van der Waals surface area (Å²) < 4.78 is 37.5. The molecule has 0 spiro atoms. The van der Waals surface area contributed by atoms with Gasteiger partial charge in [0.25, 0.3) is 10.0 Å². The Labute approximate surface area is 199 Å². The van der Waals surface area contributed by atoms with Gasteiger partial charge in [0.15, 0.2) is 17.5 Å². The van der Waals surface area contributed by atoms with Gasteiger partial charge < -0.3 is 20.1 Å². The number of rotatable bonds is 10. The monoisotopic (exact) mass is 568 g/mol. The Kier molecular flexibility index (Phi) is 11.4. The van der Waals surface area contributed by atoms with Gasteiger partial charge in [0.05, 0.1) is 20.3 Å². The molecule has 8 nitrogen and oxygen atoms in total. The zero-order valence-corrected chi connectivity index (χ0v) is 21.5. The minimum Gasteiger partial charge on any atom is -0.493 e. The Balaban J connectivity index is 0.00000450. The number of benzene rings is 1. The second-order valence-electron chi connectivity index (χ2n) is 5.94. The lowest BCUT2D eigenvalue weighted by atomic mass is 10.2. The maximum absolute atomic E-state index is 12.5. The van der Waals surface area contributed by atoms with Crippen molar-refractivity contribution < 1.29 is 17.9 Å². The molecule has 30 heavy (non-hydrogen) atoms. The van der Waals surface area contributed by atoms with E-state index in [1.54, 1.807) is 31.7 Å². The first-order valence-corrected chi connectivity index (χ1v) is 11.6. The SMILES string of the molecule is CCNC(=NCCN(C)S(=O)(=O)c1cccs1)Nc1ccc(OCC)c(OC)c1.I. The number of hydrogen-bond donors (Lipinski definition) is 2. The van der Waals surface area contributed by atoms with Crippen molar-refractivity contribution in [1.82, 2.24) is 9.62 Å². The van der Waals surface area contributed by atoms with Gasteiger partial charge in [-0.05, 0) is 37.4 Å². The summed E-state index contributed by atoms with van der Waals surface area (Å²) in [7, 11) is -0.327. The molecule has 0 saturated heterocycles. The second-order valence-corrected chi connectivity index (χ2v) is 9.16. The van der Waals surface area contributed by atoms with Crippen LogP contribution in [0.3, 0.4) is 0 Å². The lowest BCUT2D eigenvalue weighted by Crippen LogP contribution is -2.33. The summed E-state index contributed by atoms with van der Waals surface area (Å²) in [5, 5.41) is 8.10. The Hall–Kier alpha value is -1.57. The van der Waals surface area contributed by atoms with Crippen LogP contribution in [-0.2, 0) is 10.0 Å². The van der Waals surface area contributed by atoms with Crippen molar-refractivity contribution >= 4 is 57.0 Å². The molecule has 2 rings (SSSR count). The number of hydrogen-bond acceptors (Lipinski definition) is 6. The number of sulfonamides is 1. The predicted octanol–water partition coefficient (Wildman–Crippen LogP) is 3.47. The molecule has 0 amide bonds. The highest BCUT2D eigenvalue weighted by Gasteiger charge is 2.21. The van der Waals surface area contributed by atoms with Crippen LogP contribution < -0.4 is 20.1 Å². The van der Waals surface area contributed by atoms with Gasteiger partial charge in [-0.1, -0.05) is 6.07 Å². The normalized spacial score (nSPS) is 11.7. The van der Waals surface area contributed by atoms with Crippen LogP contribution in [0, 0.1) is 0 Å². The molecule has 0 radical (unpaired) electrons. The number of nitrogens with zero attached hydrogens (tertiary/aromatic N) is 2. The van der Waals surface area contributed by atoms with Gasteiger partial charge in [-0.2, -0.15) is 4.31 Å². The topological polar surface area (TPSA) is 92.3 Å². The van der Waals surface area contributed by atoms with Crippen molar-refractivity contribution in [3.05, 3.63) is 35.7 Å². The number of aliphatic imine (C=N–C) groups is 1. The van der Waals surface area contributed by atoms with Crippen LogP contribution in [-0.4, -0.2) is 59.1 Å². The molecule has 0 aliphatic heterocycles. The van der Waals surface area contributed by atoms with Gasteiger partial charge in [0.1, 0.15) is 4.21 Å². The highest BCUT2D eigenvalue weighted by molar-refractivity contribution is 14.0. The van der Waals surface area contributed by atoms with E-state index in [-0.39, 0.29) is 30.5 Å². The fourth-order valence-electron chi connectivity index (χ4n) is 2.45. The molecule has 0 saturated carbocycles. The fraction of sp³-hybridized carbons (Fsp3) is 0.421. The Bertz CT molecular complexity index is 905. The summed E-state index contributed by atoms with van der Waals surface area (Å²) in [5.41, 5.74) is 0.782. The van der Waals surface area contributed by atoms with E-state index in [9.17, 15) is 8.42 Å². The van der Waals surface area contributed by atoms with E-state index in [4.69, 9.17) is 9.47 Å². The Morgan fingerprint density at radius 3 is 2.60 bits per heavy atom. The van der Waals surface area contributed by atoms with Gasteiger partial charge in [0, 0.05) is 31.9 Å². The van der Waals surface area contributed by atoms with Crippen LogP contribution in [0.25, 0.3) is 0 Å². The van der Waals surface area contributed by atoms with Crippen molar-refractivity contribution in [2.24, 2.45) is 4.99 Å². The molecule has 1 aromatic carbocycles.